The molecular formula is C28H49N3O5. The minimum atomic E-state index is -1.22. The average molecular weight is 508 g/mol. The molecule has 8 nitrogen and oxygen atoms in total. The van der Waals surface area contributed by atoms with E-state index in [9.17, 15) is 24.3 Å². The Bertz CT molecular complexity index is 722. The summed E-state index contributed by atoms with van der Waals surface area (Å²) in [5.74, 6) is -2.67. The van der Waals surface area contributed by atoms with E-state index in [1.165, 1.54) is 26.3 Å². The van der Waals surface area contributed by atoms with Gasteiger partial charge in [0.25, 0.3) is 0 Å². The number of rotatable bonds is 10. The molecule has 3 amide bonds. The number of allylic oxidation sites excluding steroid dienone is 2. The number of aliphatic carboxylic acids is 1. The van der Waals surface area contributed by atoms with Gasteiger partial charge in [-0.1, -0.05) is 71.4 Å². The fourth-order valence-corrected chi connectivity index (χ4v) is 4.72. The van der Waals surface area contributed by atoms with E-state index >= 15 is 0 Å². The highest BCUT2D eigenvalue weighted by molar-refractivity contribution is 5.91. The molecule has 0 saturated heterocycles. The van der Waals surface area contributed by atoms with E-state index < -0.39 is 29.9 Å². The summed E-state index contributed by atoms with van der Waals surface area (Å²) < 4.78 is 0. The largest absolute Gasteiger partial charge is 0.480 e. The molecule has 1 aliphatic rings. The van der Waals surface area contributed by atoms with E-state index in [1.54, 1.807) is 0 Å². The Morgan fingerprint density at radius 2 is 1.78 bits per heavy atom. The molecule has 4 atom stereocenters. The summed E-state index contributed by atoms with van der Waals surface area (Å²) in [6.45, 7) is 6.11. The summed E-state index contributed by atoms with van der Waals surface area (Å²) in [7, 11) is 1.52. The Hall–Kier alpha value is -2.38. The molecule has 0 aromatic carbocycles. The van der Waals surface area contributed by atoms with Crippen molar-refractivity contribution in [2.24, 2.45) is 17.8 Å². The summed E-state index contributed by atoms with van der Waals surface area (Å²) in [6.07, 6.45) is 14.6. The van der Waals surface area contributed by atoms with E-state index in [0.717, 1.165) is 44.9 Å². The predicted molar refractivity (Wildman–Crippen MR) is 142 cm³/mol. The third kappa shape index (κ3) is 12.5. The van der Waals surface area contributed by atoms with Crippen molar-refractivity contribution in [2.45, 2.75) is 116 Å². The molecule has 1 heterocycles. The minimum absolute atomic E-state index is 0.0200. The van der Waals surface area contributed by atoms with Gasteiger partial charge in [0.1, 0.15) is 12.1 Å². The lowest BCUT2D eigenvalue weighted by atomic mass is 9.92. The van der Waals surface area contributed by atoms with Crippen molar-refractivity contribution in [3.63, 3.8) is 0 Å². The molecule has 0 radical (unpaired) electrons. The molecule has 2 unspecified atom stereocenters. The van der Waals surface area contributed by atoms with Gasteiger partial charge in [-0.15, -0.1) is 0 Å². The smallest absolute Gasteiger partial charge is 0.326 e. The average Bonchev–Trinajstić information content (AvgIpc) is 2.83. The van der Waals surface area contributed by atoms with Gasteiger partial charge in [-0.25, -0.2) is 4.79 Å². The summed E-state index contributed by atoms with van der Waals surface area (Å²) in [5, 5.41) is 17.9. The molecule has 0 spiro atoms. The van der Waals surface area contributed by atoms with Crippen LogP contribution in [0.1, 0.15) is 104 Å². The zero-order chi connectivity index (χ0) is 26.9. The fourth-order valence-electron chi connectivity index (χ4n) is 4.72. The standard InChI is InChI=1S/C28H49N3O5/c1-5-6-7-9-12-15-21-16-13-10-8-11-14-17-22(25(32)29-4)19-24(28(35)36)31-27(34)23(18-20(2)3)30-26(21)33/h11,14,20-24H,5-10,12-13,15-19H2,1-4H3,(H,29,32)(H,30,33)(H,31,34)(H,35,36)/b14-11+/t21?,22?,23-,24-/m0/s1. The van der Waals surface area contributed by atoms with Crippen LogP contribution in [0.4, 0.5) is 0 Å². The summed E-state index contributed by atoms with van der Waals surface area (Å²) in [5.41, 5.74) is 0. The number of carbonyl (C=O) groups is 4. The van der Waals surface area contributed by atoms with E-state index in [0.29, 0.717) is 12.8 Å². The molecule has 0 aromatic heterocycles. The zero-order valence-electron chi connectivity index (χ0n) is 22.8. The van der Waals surface area contributed by atoms with Crippen molar-refractivity contribution < 1.29 is 24.3 Å². The van der Waals surface area contributed by atoms with Crippen molar-refractivity contribution in [3.05, 3.63) is 12.2 Å². The first kappa shape index (κ1) is 31.6. The Balaban J connectivity index is 3.11. The van der Waals surface area contributed by atoms with Crippen molar-refractivity contribution in [1.29, 1.82) is 0 Å². The van der Waals surface area contributed by atoms with Crippen molar-refractivity contribution in [1.82, 2.24) is 16.0 Å². The number of hydrogen-bond donors (Lipinski definition) is 4. The second kappa shape index (κ2) is 18.0. The molecule has 206 valence electrons. The SMILES string of the molecule is CCCCCCCC1CCCC/C=C/CC(C(=O)NC)C[C@@H](C(=O)O)NC(=O)[C@H](CC(C)C)NC1=O. The Labute approximate surface area is 217 Å². The van der Waals surface area contributed by atoms with Gasteiger partial charge in [-0.2, -0.15) is 0 Å². The molecule has 0 aliphatic carbocycles. The first-order valence-electron chi connectivity index (χ1n) is 13.9. The number of nitrogens with one attached hydrogen (secondary N) is 3. The maximum absolute atomic E-state index is 13.3. The molecule has 36 heavy (non-hydrogen) atoms. The van der Waals surface area contributed by atoms with Gasteiger partial charge < -0.3 is 21.1 Å². The number of amides is 3. The maximum atomic E-state index is 13.3. The van der Waals surface area contributed by atoms with Gasteiger partial charge in [0.15, 0.2) is 0 Å². The second-order valence-corrected chi connectivity index (χ2v) is 10.5. The van der Waals surface area contributed by atoms with Gasteiger partial charge in [-0.05, 0) is 50.9 Å². The van der Waals surface area contributed by atoms with Crippen LogP contribution in [0.25, 0.3) is 0 Å². The van der Waals surface area contributed by atoms with Crippen LogP contribution < -0.4 is 16.0 Å². The van der Waals surface area contributed by atoms with Gasteiger partial charge in [-0.3, -0.25) is 14.4 Å². The Morgan fingerprint density at radius 1 is 1.06 bits per heavy atom. The van der Waals surface area contributed by atoms with E-state index in [2.05, 4.69) is 22.9 Å². The van der Waals surface area contributed by atoms with Crippen LogP contribution in [0, 0.1) is 17.8 Å². The van der Waals surface area contributed by atoms with Crippen LogP contribution in [0.3, 0.4) is 0 Å². The monoisotopic (exact) mass is 507 g/mol. The number of hydrogen-bond acceptors (Lipinski definition) is 4. The van der Waals surface area contributed by atoms with Crippen LogP contribution in [-0.4, -0.2) is 47.9 Å². The van der Waals surface area contributed by atoms with Crippen molar-refractivity contribution in [3.8, 4) is 0 Å². The van der Waals surface area contributed by atoms with E-state index in [4.69, 9.17) is 0 Å². The topological polar surface area (TPSA) is 125 Å². The van der Waals surface area contributed by atoms with E-state index in [1.807, 2.05) is 26.0 Å². The van der Waals surface area contributed by atoms with Gasteiger partial charge in [0, 0.05) is 18.9 Å². The third-order valence-electron chi connectivity index (χ3n) is 6.88. The molecule has 0 aromatic rings. The lowest BCUT2D eigenvalue weighted by Crippen LogP contribution is -2.53. The number of unbranched alkanes of at least 4 members (excludes halogenated alkanes) is 4. The molecule has 8 heteroatoms. The van der Waals surface area contributed by atoms with Crippen LogP contribution in [0.2, 0.25) is 0 Å². The Kier molecular flexibility index (Phi) is 15.8. The third-order valence-corrected chi connectivity index (χ3v) is 6.88. The van der Waals surface area contributed by atoms with Crippen LogP contribution >= 0.6 is 0 Å². The Morgan fingerprint density at radius 3 is 2.42 bits per heavy atom. The minimum Gasteiger partial charge on any atom is -0.480 e. The van der Waals surface area contributed by atoms with Crippen LogP contribution in [0.5, 0.6) is 0 Å². The zero-order valence-corrected chi connectivity index (χ0v) is 22.8. The molecule has 0 bridgehead atoms. The number of carbonyl (C=O) groups excluding carboxylic acids is 3. The van der Waals surface area contributed by atoms with Gasteiger partial charge in [0.05, 0.1) is 0 Å². The van der Waals surface area contributed by atoms with Crippen LogP contribution in [-0.2, 0) is 19.2 Å². The van der Waals surface area contributed by atoms with Gasteiger partial charge in [0.2, 0.25) is 17.7 Å². The van der Waals surface area contributed by atoms with Crippen molar-refractivity contribution in [2.75, 3.05) is 7.05 Å². The summed E-state index contributed by atoms with van der Waals surface area (Å²) in [4.78, 5) is 50.8. The maximum Gasteiger partial charge on any atom is 0.326 e. The number of carboxylic acids is 1. The van der Waals surface area contributed by atoms with E-state index in [-0.39, 0.29) is 30.1 Å². The summed E-state index contributed by atoms with van der Waals surface area (Å²) >= 11 is 0. The molecule has 1 rings (SSSR count). The highest BCUT2D eigenvalue weighted by Gasteiger charge is 2.32. The lowest BCUT2D eigenvalue weighted by Gasteiger charge is -2.26. The molecule has 0 saturated carbocycles. The number of carboxylic acid groups (broad SMARTS) is 1. The lowest BCUT2D eigenvalue weighted by molar-refractivity contribution is -0.143. The molecule has 4 N–H and O–H groups in total. The molecular weight excluding hydrogens is 458 g/mol. The molecule has 0 fully saturated rings. The predicted octanol–water partition coefficient (Wildman–Crippen LogP) is 4.34. The first-order chi connectivity index (χ1) is 17.2. The van der Waals surface area contributed by atoms with Crippen LogP contribution in [0.15, 0.2) is 12.2 Å². The summed E-state index contributed by atoms with van der Waals surface area (Å²) in [6, 6.07) is -2.03. The fraction of sp³-hybridized carbons (Fsp3) is 0.786. The molecule has 1 aliphatic heterocycles. The quantitative estimate of drug-likeness (QED) is 0.259. The second-order valence-electron chi connectivity index (χ2n) is 10.5. The van der Waals surface area contributed by atoms with Gasteiger partial charge >= 0.3 is 5.97 Å². The normalized spacial score (nSPS) is 25.6. The highest BCUT2D eigenvalue weighted by Crippen LogP contribution is 2.21. The first-order valence-corrected chi connectivity index (χ1v) is 13.9. The van der Waals surface area contributed by atoms with Crippen molar-refractivity contribution >= 4 is 23.7 Å². The highest BCUT2D eigenvalue weighted by atomic mass is 16.4.